The van der Waals surface area contributed by atoms with Gasteiger partial charge in [-0.3, -0.25) is 19.7 Å². The number of carboxylic acid groups (broad SMARTS) is 1. The first-order valence-electron chi connectivity index (χ1n) is 4.83. The molecule has 92 valence electrons. The molecule has 0 spiro atoms. The molecule has 3 N–H and O–H groups in total. The average Bonchev–Trinajstić information content (AvgIpc) is 2.73. The Kier molecular flexibility index (Phi) is 4.21. The Morgan fingerprint density at radius 1 is 1.53 bits per heavy atom. The van der Waals surface area contributed by atoms with Gasteiger partial charge in [-0.15, -0.1) is 0 Å². The maximum atomic E-state index is 11.4. The summed E-state index contributed by atoms with van der Waals surface area (Å²) in [6, 6.07) is 1.12. The molecule has 1 amide bonds. The Morgan fingerprint density at radius 3 is 2.76 bits per heavy atom. The van der Waals surface area contributed by atoms with Crippen LogP contribution in [0.2, 0.25) is 0 Å². The summed E-state index contributed by atoms with van der Waals surface area (Å²) in [4.78, 5) is 33.8. The summed E-state index contributed by atoms with van der Waals surface area (Å²) in [5.41, 5.74) is -0.118. The van der Waals surface area contributed by atoms with Gasteiger partial charge in [0.15, 0.2) is 0 Å². The van der Waals surface area contributed by atoms with Gasteiger partial charge in [0.1, 0.15) is 5.69 Å². The Bertz CT molecular complexity index is 440. The zero-order chi connectivity index (χ0) is 12.8. The lowest BCUT2D eigenvalue weighted by molar-refractivity contribution is -0.384. The number of carboxylic acids is 1. The molecule has 0 fully saturated rings. The maximum absolute atomic E-state index is 11.4. The van der Waals surface area contributed by atoms with Crippen LogP contribution < -0.4 is 5.32 Å². The monoisotopic (exact) mass is 241 g/mol. The Morgan fingerprint density at radius 2 is 2.24 bits per heavy atom. The van der Waals surface area contributed by atoms with Crippen molar-refractivity contribution in [1.29, 1.82) is 0 Å². The Labute approximate surface area is 95.8 Å². The van der Waals surface area contributed by atoms with Crippen molar-refractivity contribution in [1.82, 2.24) is 10.3 Å². The number of amides is 1. The van der Waals surface area contributed by atoms with Crippen LogP contribution in [0, 0.1) is 10.1 Å². The van der Waals surface area contributed by atoms with Crippen molar-refractivity contribution in [2.45, 2.75) is 12.8 Å². The minimum Gasteiger partial charge on any atom is -0.481 e. The van der Waals surface area contributed by atoms with Gasteiger partial charge in [0, 0.05) is 19.0 Å². The van der Waals surface area contributed by atoms with Crippen molar-refractivity contribution >= 4 is 17.6 Å². The van der Waals surface area contributed by atoms with Gasteiger partial charge in [-0.25, -0.2) is 0 Å². The first-order chi connectivity index (χ1) is 8.00. The molecule has 8 heteroatoms. The smallest absolute Gasteiger partial charge is 0.303 e. The van der Waals surface area contributed by atoms with E-state index in [1.54, 1.807) is 0 Å². The molecule has 0 aliphatic rings. The minimum absolute atomic E-state index is 0.0366. The molecule has 1 aromatic heterocycles. The van der Waals surface area contributed by atoms with Crippen LogP contribution in [0.1, 0.15) is 23.3 Å². The molecule has 0 aromatic carbocycles. The molecular weight excluding hydrogens is 230 g/mol. The van der Waals surface area contributed by atoms with Crippen LogP contribution in [-0.2, 0) is 4.79 Å². The zero-order valence-corrected chi connectivity index (χ0v) is 8.80. The third-order valence-electron chi connectivity index (χ3n) is 1.98. The fourth-order valence-electron chi connectivity index (χ4n) is 1.16. The number of carbonyl (C=O) groups excluding carboxylic acids is 1. The van der Waals surface area contributed by atoms with Crippen molar-refractivity contribution in [2.24, 2.45) is 0 Å². The van der Waals surface area contributed by atoms with Gasteiger partial charge in [-0.1, -0.05) is 0 Å². The van der Waals surface area contributed by atoms with Crippen LogP contribution in [0.25, 0.3) is 0 Å². The van der Waals surface area contributed by atoms with Gasteiger partial charge in [0.2, 0.25) is 0 Å². The molecule has 0 saturated heterocycles. The number of H-pyrrole nitrogens is 1. The molecule has 17 heavy (non-hydrogen) atoms. The Hall–Kier alpha value is -2.38. The molecule has 1 rings (SSSR count). The van der Waals surface area contributed by atoms with E-state index in [9.17, 15) is 19.7 Å². The van der Waals surface area contributed by atoms with Crippen LogP contribution in [-0.4, -0.2) is 33.4 Å². The maximum Gasteiger partial charge on any atom is 0.303 e. The number of nitro groups is 1. The van der Waals surface area contributed by atoms with E-state index in [0.29, 0.717) is 6.42 Å². The highest BCUT2D eigenvalue weighted by Gasteiger charge is 2.13. The lowest BCUT2D eigenvalue weighted by Crippen LogP contribution is -2.25. The molecule has 0 unspecified atom stereocenters. The number of carbonyl (C=O) groups is 2. The van der Waals surface area contributed by atoms with E-state index in [4.69, 9.17) is 5.11 Å². The second-order valence-corrected chi connectivity index (χ2v) is 3.28. The van der Waals surface area contributed by atoms with E-state index >= 15 is 0 Å². The summed E-state index contributed by atoms with van der Waals surface area (Å²) in [5, 5.41) is 21.2. The summed E-state index contributed by atoms with van der Waals surface area (Å²) >= 11 is 0. The molecular formula is C9H11N3O5. The highest BCUT2D eigenvalue weighted by atomic mass is 16.6. The fourth-order valence-corrected chi connectivity index (χ4v) is 1.16. The van der Waals surface area contributed by atoms with Crippen molar-refractivity contribution < 1.29 is 19.6 Å². The number of hydrogen-bond acceptors (Lipinski definition) is 4. The molecule has 0 bridgehead atoms. The van der Waals surface area contributed by atoms with Crippen LogP contribution in [0.3, 0.4) is 0 Å². The van der Waals surface area contributed by atoms with Crippen LogP contribution in [0.5, 0.6) is 0 Å². The minimum atomic E-state index is -0.935. The van der Waals surface area contributed by atoms with Crippen molar-refractivity contribution in [3.05, 3.63) is 28.1 Å². The number of nitrogens with one attached hydrogen (secondary N) is 2. The van der Waals surface area contributed by atoms with Gasteiger partial charge in [0.25, 0.3) is 11.6 Å². The third kappa shape index (κ3) is 3.93. The van der Waals surface area contributed by atoms with Crippen molar-refractivity contribution in [3.8, 4) is 0 Å². The first kappa shape index (κ1) is 12.7. The summed E-state index contributed by atoms with van der Waals surface area (Å²) in [7, 11) is 0. The van der Waals surface area contributed by atoms with E-state index in [0.717, 1.165) is 12.3 Å². The second kappa shape index (κ2) is 5.64. The number of hydrogen-bond donors (Lipinski definition) is 3. The van der Waals surface area contributed by atoms with Crippen molar-refractivity contribution in [3.63, 3.8) is 0 Å². The number of aliphatic carboxylic acids is 1. The van der Waals surface area contributed by atoms with Gasteiger partial charge in [-0.2, -0.15) is 0 Å². The summed E-state index contributed by atoms with van der Waals surface area (Å²) < 4.78 is 0. The molecule has 0 radical (unpaired) electrons. The quantitative estimate of drug-likeness (QED) is 0.380. The van der Waals surface area contributed by atoms with E-state index < -0.39 is 16.8 Å². The summed E-state index contributed by atoms with van der Waals surface area (Å²) in [6.07, 6.45) is 1.39. The molecule has 0 aliphatic heterocycles. The van der Waals surface area contributed by atoms with E-state index in [2.05, 4.69) is 10.3 Å². The molecule has 0 atom stereocenters. The normalized spacial score (nSPS) is 9.88. The summed E-state index contributed by atoms with van der Waals surface area (Å²) in [5.74, 6) is -1.43. The topological polar surface area (TPSA) is 125 Å². The van der Waals surface area contributed by atoms with E-state index in [1.165, 1.54) is 0 Å². The predicted molar refractivity (Wildman–Crippen MR) is 56.7 cm³/mol. The van der Waals surface area contributed by atoms with Crippen LogP contribution in [0.4, 0.5) is 5.69 Å². The summed E-state index contributed by atoms with van der Waals surface area (Å²) in [6.45, 7) is 0.206. The second-order valence-electron chi connectivity index (χ2n) is 3.28. The van der Waals surface area contributed by atoms with Crippen LogP contribution in [0.15, 0.2) is 12.3 Å². The van der Waals surface area contributed by atoms with Crippen molar-refractivity contribution in [2.75, 3.05) is 6.54 Å². The lowest BCUT2D eigenvalue weighted by atomic mass is 10.3. The zero-order valence-electron chi connectivity index (χ0n) is 8.80. The molecule has 0 saturated carbocycles. The predicted octanol–water partition coefficient (Wildman–Crippen LogP) is 0.518. The molecule has 1 heterocycles. The standard InChI is InChI=1S/C9H11N3O5/c13-8(14)2-1-3-10-9(15)7-4-6(5-11-7)12(16)17/h4-5,11H,1-3H2,(H,10,15)(H,13,14). The van der Waals surface area contributed by atoms with Gasteiger partial charge < -0.3 is 15.4 Å². The number of rotatable bonds is 6. The average molecular weight is 241 g/mol. The highest BCUT2D eigenvalue weighted by molar-refractivity contribution is 5.93. The first-order valence-corrected chi connectivity index (χ1v) is 4.83. The SMILES string of the molecule is O=C(O)CCCNC(=O)c1cc([N+](=O)[O-])c[nH]1. The fraction of sp³-hybridized carbons (Fsp3) is 0.333. The van der Waals surface area contributed by atoms with E-state index in [-0.39, 0.29) is 24.3 Å². The highest BCUT2D eigenvalue weighted by Crippen LogP contribution is 2.11. The van der Waals surface area contributed by atoms with Crippen LogP contribution >= 0.6 is 0 Å². The number of aromatic nitrogens is 1. The largest absolute Gasteiger partial charge is 0.481 e. The number of nitrogens with zero attached hydrogens (tertiary/aromatic N) is 1. The van der Waals surface area contributed by atoms with E-state index in [1.807, 2.05) is 0 Å². The third-order valence-corrected chi connectivity index (χ3v) is 1.98. The number of aromatic amines is 1. The molecule has 1 aromatic rings. The van der Waals surface area contributed by atoms with Gasteiger partial charge in [-0.05, 0) is 6.42 Å². The molecule has 8 nitrogen and oxygen atoms in total. The lowest BCUT2D eigenvalue weighted by Gasteiger charge is -2.01. The van der Waals surface area contributed by atoms with Gasteiger partial charge >= 0.3 is 5.97 Å². The molecule has 0 aliphatic carbocycles. The Balaban J connectivity index is 2.41. The van der Waals surface area contributed by atoms with Gasteiger partial charge in [0.05, 0.1) is 11.1 Å².